The molecule has 0 bridgehead atoms. The molecule has 0 unspecified atom stereocenters. The molecule has 2 aromatic rings. The zero-order valence-corrected chi connectivity index (χ0v) is 8.92. The molecule has 0 saturated carbocycles. The van der Waals surface area contributed by atoms with Crippen molar-refractivity contribution < 1.29 is 5.11 Å². The third kappa shape index (κ3) is 1.41. The number of rotatable bonds is 0. The lowest BCUT2D eigenvalue weighted by molar-refractivity contribution is 0.475. The van der Waals surface area contributed by atoms with Crippen molar-refractivity contribution in [1.82, 2.24) is 0 Å². The van der Waals surface area contributed by atoms with E-state index in [1.54, 1.807) is 6.07 Å². The van der Waals surface area contributed by atoms with Crippen LogP contribution in [0.4, 0.5) is 0 Å². The van der Waals surface area contributed by atoms with Gasteiger partial charge >= 0.3 is 0 Å². The lowest BCUT2D eigenvalue weighted by atomic mass is 10.00. The summed E-state index contributed by atoms with van der Waals surface area (Å²) >= 11 is 1.86. The molecule has 3 rings (SSSR count). The van der Waals surface area contributed by atoms with E-state index < -0.39 is 0 Å². The third-order valence-corrected chi connectivity index (χ3v) is 3.78. The molecular weight excluding hydrogens is 204 g/mol. The fourth-order valence-corrected chi connectivity index (χ4v) is 2.98. The van der Waals surface area contributed by atoms with E-state index in [0.717, 1.165) is 5.75 Å². The van der Waals surface area contributed by atoms with E-state index >= 15 is 0 Å². The minimum atomic E-state index is 0.343. The van der Waals surface area contributed by atoms with E-state index in [9.17, 15) is 5.11 Å². The highest BCUT2D eigenvalue weighted by Crippen LogP contribution is 2.42. The molecule has 15 heavy (non-hydrogen) atoms. The summed E-state index contributed by atoms with van der Waals surface area (Å²) in [6, 6.07) is 14.0. The van der Waals surface area contributed by atoms with Crippen molar-refractivity contribution in [3.63, 3.8) is 0 Å². The summed E-state index contributed by atoms with van der Waals surface area (Å²) in [5.41, 5.74) is 3.71. The molecule has 2 aromatic carbocycles. The Bertz CT molecular complexity index is 520. The first-order chi connectivity index (χ1) is 7.34. The van der Waals surface area contributed by atoms with Crippen molar-refractivity contribution in [2.24, 2.45) is 0 Å². The first kappa shape index (κ1) is 8.86. The number of benzene rings is 2. The van der Waals surface area contributed by atoms with E-state index in [1.807, 2.05) is 30.0 Å². The second kappa shape index (κ2) is 3.31. The van der Waals surface area contributed by atoms with Crippen LogP contribution in [-0.2, 0) is 5.75 Å². The zero-order chi connectivity index (χ0) is 10.3. The van der Waals surface area contributed by atoms with Gasteiger partial charge in [-0.05, 0) is 34.9 Å². The molecule has 0 saturated heterocycles. The van der Waals surface area contributed by atoms with Crippen molar-refractivity contribution in [3.05, 3.63) is 48.0 Å². The fourth-order valence-electron chi connectivity index (χ4n) is 1.91. The van der Waals surface area contributed by atoms with Crippen molar-refractivity contribution >= 4 is 11.8 Å². The van der Waals surface area contributed by atoms with Crippen LogP contribution in [0.5, 0.6) is 5.75 Å². The van der Waals surface area contributed by atoms with Gasteiger partial charge in [-0.3, -0.25) is 0 Å². The Morgan fingerprint density at radius 2 is 1.87 bits per heavy atom. The molecule has 0 spiro atoms. The second-order valence-electron chi connectivity index (χ2n) is 3.63. The van der Waals surface area contributed by atoms with Gasteiger partial charge < -0.3 is 5.11 Å². The van der Waals surface area contributed by atoms with Crippen molar-refractivity contribution in [2.45, 2.75) is 10.6 Å². The second-order valence-corrected chi connectivity index (χ2v) is 4.64. The first-order valence-corrected chi connectivity index (χ1v) is 5.87. The molecule has 1 aliphatic heterocycles. The van der Waals surface area contributed by atoms with Crippen LogP contribution >= 0.6 is 11.8 Å². The molecule has 0 atom stereocenters. The smallest absolute Gasteiger partial charge is 0.116 e. The number of hydrogen-bond acceptors (Lipinski definition) is 2. The highest BCUT2D eigenvalue weighted by Gasteiger charge is 2.15. The monoisotopic (exact) mass is 214 g/mol. The number of fused-ring (bicyclic) bond motifs is 3. The molecule has 2 heteroatoms. The van der Waals surface area contributed by atoms with Crippen LogP contribution in [0.1, 0.15) is 5.56 Å². The van der Waals surface area contributed by atoms with Gasteiger partial charge in [0.05, 0.1) is 0 Å². The van der Waals surface area contributed by atoms with Crippen molar-refractivity contribution in [2.75, 3.05) is 0 Å². The standard InChI is InChI=1S/C13H10OS/c14-10-6-5-9-8-15-13-4-2-1-3-11(13)12(9)7-10/h1-7,14H,8H2. The Morgan fingerprint density at radius 1 is 1.00 bits per heavy atom. The normalized spacial score (nSPS) is 13.1. The quantitative estimate of drug-likeness (QED) is 0.722. The lowest BCUT2D eigenvalue weighted by Crippen LogP contribution is -1.95. The van der Waals surface area contributed by atoms with Gasteiger partial charge in [0.1, 0.15) is 5.75 Å². The van der Waals surface area contributed by atoms with Crippen LogP contribution in [0, 0.1) is 0 Å². The number of hydrogen-bond donors (Lipinski definition) is 1. The van der Waals surface area contributed by atoms with Gasteiger partial charge in [0, 0.05) is 10.6 Å². The summed E-state index contributed by atoms with van der Waals surface area (Å²) in [4.78, 5) is 1.30. The molecular formula is C13H10OS. The molecule has 0 amide bonds. The van der Waals surface area contributed by atoms with E-state index in [2.05, 4.69) is 18.2 Å². The number of aromatic hydroxyl groups is 1. The van der Waals surface area contributed by atoms with Crippen LogP contribution in [0.25, 0.3) is 11.1 Å². The summed E-state index contributed by atoms with van der Waals surface area (Å²) in [5, 5.41) is 9.51. The van der Waals surface area contributed by atoms with Gasteiger partial charge in [0.25, 0.3) is 0 Å². The summed E-state index contributed by atoms with van der Waals surface area (Å²) in [6.45, 7) is 0. The predicted octanol–water partition coefficient (Wildman–Crippen LogP) is 3.66. The van der Waals surface area contributed by atoms with Crippen LogP contribution in [-0.4, -0.2) is 5.11 Å². The maximum absolute atomic E-state index is 9.51. The molecule has 1 heterocycles. The average Bonchev–Trinajstić information content (AvgIpc) is 2.29. The van der Waals surface area contributed by atoms with Crippen molar-refractivity contribution in [1.29, 1.82) is 0 Å². The van der Waals surface area contributed by atoms with Gasteiger partial charge in [0.15, 0.2) is 0 Å². The Balaban J connectivity index is 2.28. The largest absolute Gasteiger partial charge is 0.508 e. The Kier molecular flexibility index (Phi) is 1.96. The third-order valence-electron chi connectivity index (χ3n) is 2.65. The van der Waals surface area contributed by atoms with Crippen LogP contribution < -0.4 is 0 Å². The minimum absolute atomic E-state index is 0.343. The molecule has 1 nitrogen and oxygen atoms in total. The van der Waals surface area contributed by atoms with Crippen molar-refractivity contribution in [3.8, 4) is 16.9 Å². The van der Waals surface area contributed by atoms with Crippen LogP contribution in [0.2, 0.25) is 0 Å². The Morgan fingerprint density at radius 3 is 2.80 bits per heavy atom. The highest BCUT2D eigenvalue weighted by molar-refractivity contribution is 7.98. The van der Waals surface area contributed by atoms with Gasteiger partial charge in [-0.15, -0.1) is 11.8 Å². The molecule has 0 aliphatic carbocycles. The summed E-state index contributed by atoms with van der Waals surface area (Å²) in [5.74, 6) is 1.34. The molecule has 0 radical (unpaired) electrons. The number of thioether (sulfide) groups is 1. The SMILES string of the molecule is Oc1ccc2c(c1)-c1ccccc1SC2. The van der Waals surface area contributed by atoms with Gasteiger partial charge in [0.2, 0.25) is 0 Å². The highest BCUT2D eigenvalue weighted by atomic mass is 32.2. The number of phenols is 1. The van der Waals surface area contributed by atoms with E-state index in [1.165, 1.54) is 21.6 Å². The molecule has 0 fully saturated rings. The van der Waals surface area contributed by atoms with E-state index in [0.29, 0.717) is 5.75 Å². The Hall–Kier alpha value is -1.41. The van der Waals surface area contributed by atoms with Crippen LogP contribution in [0.3, 0.4) is 0 Å². The number of phenolic OH excluding ortho intramolecular Hbond substituents is 1. The van der Waals surface area contributed by atoms with Gasteiger partial charge in [-0.2, -0.15) is 0 Å². The topological polar surface area (TPSA) is 20.2 Å². The Labute approximate surface area is 92.8 Å². The zero-order valence-electron chi connectivity index (χ0n) is 8.10. The summed E-state index contributed by atoms with van der Waals surface area (Å²) in [7, 11) is 0. The predicted molar refractivity (Wildman–Crippen MR) is 63.1 cm³/mol. The average molecular weight is 214 g/mol. The van der Waals surface area contributed by atoms with Gasteiger partial charge in [-0.1, -0.05) is 24.3 Å². The van der Waals surface area contributed by atoms with E-state index in [-0.39, 0.29) is 0 Å². The minimum Gasteiger partial charge on any atom is -0.508 e. The maximum atomic E-state index is 9.51. The first-order valence-electron chi connectivity index (χ1n) is 4.89. The van der Waals surface area contributed by atoms with Gasteiger partial charge in [-0.25, -0.2) is 0 Å². The molecule has 74 valence electrons. The molecule has 1 aliphatic rings. The summed E-state index contributed by atoms with van der Waals surface area (Å²) in [6.07, 6.45) is 0. The van der Waals surface area contributed by atoms with Crippen LogP contribution in [0.15, 0.2) is 47.4 Å². The molecule has 1 N–H and O–H groups in total. The fraction of sp³-hybridized carbons (Fsp3) is 0.0769. The summed E-state index contributed by atoms with van der Waals surface area (Å²) < 4.78 is 0. The maximum Gasteiger partial charge on any atom is 0.116 e. The van der Waals surface area contributed by atoms with E-state index in [4.69, 9.17) is 0 Å². The lowest BCUT2D eigenvalue weighted by Gasteiger charge is -2.18. The molecule has 0 aromatic heterocycles.